The molecular weight excluding hydrogens is 964 g/mol. The number of nitrogen functional groups attached to an aromatic ring is 1. The summed E-state index contributed by atoms with van der Waals surface area (Å²) in [5.41, 5.74) is 14.3. The number of aromatic nitrogens is 8. The van der Waals surface area contributed by atoms with Crippen molar-refractivity contribution in [1.29, 1.82) is 0 Å². The zero-order valence-electron chi connectivity index (χ0n) is 40.7. The van der Waals surface area contributed by atoms with Crippen molar-refractivity contribution in [2.24, 2.45) is 0 Å². The number of carbonyl (C=O) groups excluding carboxylic acids is 2. The number of nitrogens with one attached hydrogen (secondary N) is 4. The average Bonchev–Trinajstić information content (AvgIpc) is 4.31. The van der Waals surface area contributed by atoms with E-state index in [-0.39, 0.29) is 27.6 Å². The van der Waals surface area contributed by atoms with Crippen LogP contribution in [0.3, 0.4) is 0 Å². The number of halogens is 1. The van der Waals surface area contributed by atoms with E-state index in [1.165, 1.54) is 10.9 Å². The number of rotatable bonds is 12. The third-order valence-electron chi connectivity index (χ3n) is 12.3. The van der Waals surface area contributed by atoms with Crippen LogP contribution in [0.2, 0.25) is 5.28 Å². The molecule has 2 amide bonds. The minimum Gasteiger partial charge on any atom is -0.399 e. The first-order valence-corrected chi connectivity index (χ1v) is 25.3. The van der Waals surface area contributed by atoms with Crippen LogP contribution < -0.4 is 31.5 Å². The number of aromatic amines is 1. The number of H-pyrrole nitrogens is 1. The van der Waals surface area contributed by atoms with Crippen LogP contribution in [0, 0.1) is 6.92 Å². The van der Waals surface area contributed by atoms with Gasteiger partial charge < -0.3 is 36.5 Å². The highest BCUT2D eigenvalue weighted by molar-refractivity contribution is 7.90. The second-order valence-corrected chi connectivity index (χ2v) is 19.9. The highest BCUT2D eigenvalue weighted by atomic mass is 35.5. The Bertz CT molecular complexity index is 3530. The minimum atomic E-state index is -3.89. The molecule has 2 fully saturated rings. The molecule has 0 saturated heterocycles. The number of pyridine rings is 2. The summed E-state index contributed by atoms with van der Waals surface area (Å²) in [4.78, 5) is 55.4. The molecule has 0 atom stereocenters. The molecule has 0 unspecified atom stereocenters. The zero-order valence-corrected chi connectivity index (χ0v) is 42.3. The number of hydrogen-bond donors (Lipinski definition) is 5. The van der Waals surface area contributed by atoms with Crippen molar-refractivity contribution >= 4 is 95.8 Å². The number of nitrogens with zero attached hydrogens (tertiary/aromatic N) is 9. The normalized spacial score (nSPS) is 13.0. The molecule has 9 aromatic rings. The highest BCUT2D eigenvalue weighted by Gasteiger charge is 2.29. The lowest BCUT2D eigenvalue weighted by Gasteiger charge is -2.15. The number of amides is 2. The van der Waals surface area contributed by atoms with Gasteiger partial charge in [0.25, 0.3) is 10.0 Å². The molecule has 11 rings (SSSR count). The molecule has 20 heteroatoms. The highest BCUT2D eigenvalue weighted by Crippen LogP contribution is 2.39. The van der Waals surface area contributed by atoms with Crippen LogP contribution in [0.15, 0.2) is 139 Å². The Morgan fingerprint density at radius 1 is 0.685 bits per heavy atom. The van der Waals surface area contributed by atoms with Crippen LogP contribution in [0.4, 0.5) is 40.3 Å². The molecular formula is C53H53ClN14O4S. The van der Waals surface area contributed by atoms with Crippen molar-refractivity contribution < 1.29 is 18.0 Å². The molecule has 2 saturated carbocycles. The van der Waals surface area contributed by atoms with E-state index in [0.717, 1.165) is 81.9 Å². The standard InChI is InChI=1S/C23H23N7O.C21H18ClN5O2S.C9H12N2O/c1-14(31)30(2)18-7-5-17(6-8-18)27-23-28-21-20(22(29-23)26-16-3-4-16)19(13-25-21)15-9-11-24-12-10-15;1-13-2-6-16(7-3-13)30(28,29)27-12-17(14-8-10-23-11-9-14)18-19(24-15-4-5-15)25-21(22)26-20(18)27;1-7(12)11(2)9-5-3-8(10)4-6-9/h5-13,16H,3-4H2,1-2H3,(H3,25,26,27,28,29);2-3,6-12,15H,4-5H2,1H3,(H,24,25,26);3-6H,10H2,1-2H3. The van der Waals surface area contributed by atoms with Gasteiger partial charge in [-0.25, -0.2) is 17.4 Å². The Morgan fingerprint density at radius 2 is 1.21 bits per heavy atom. The average molecular weight is 1020 g/mol. The van der Waals surface area contributed by atoms with E-state index in [0.29, 0.717) is 40.5 Å². The van der Waals surface area contributed by atoms with Crippen LogP contribution in [-0.4, -0.2) is 85.3 Å². The third kappa shape index (κ3) is 11.5. The Balaban J connectivity index is 0.000000147. The van der Waals surface area contributed by atoms with Crippen LogP contribution >= 0.6 is 11.6 Å². The van der Waals surface area contributed by atoms with E-state index in [2.05, 4.69) is 40.9 Å². The third-order valence-corrected chi connectivity index (χ3v) is 14.1. The zero-order chi connectivity index (χ0) is 51.4. The van der Waals surface area contributed by atoms with Gasteiger partial charge in [0.05, 0.1) is 15.7 Å². The molecule has 6 heterocycles. The first-order chi connectivity index (χ1) is 35.1. The van der Waals surface area contributed by atoms with Gasteiger partial charge >= 0.3 is 0 Å². The maximum atomic E-state index is 13.5. The maximum Gasteiger partial charge on any atom is 0.269 e. The van der Waals surface area contributed by atoms with Gasteiger partial charge in [-0.3, -0.25) is 19.6 Å². The number of nitrogens with two attached hydrogens (primary N) is 1. The SMILES string of the molecule is CC(=O)N(C)c1ccc(N)cc1.CC(=O)N(C)c1ccc(Nc2nc(NC3CC3)c3c(-c4ccncc4)c[nH]c3n2)cc1.Cc1ccc(S(=O)(=O)n2cc(-c3ccncc3)c3c(NC4CC4)nc(Cl)nc32)cc1. The van der Waals surface area contributed by atoms with Crippen LogP contribution in [0.5, 0.6) is 0 Å². The predicted octanol–water partition coefficient (Wildman–Crippen LogP) is 9.84. The summed E-state index contributed by atoms with van der Waals surface area (Å²) in [6, 6.07) is 29.9. The molecule has 73 heavy (non-hydrogen) atoms. The summed E-state index contributed by atoms with van der Waals surface area (Å²) >= 11 is 6.19. The van der Waals surface area contributed by atoms with Crippen LogP contribution in [0.25, 0.3) is 44.3 Å². The van der Waals surface area contributed by atoms with Crippen molar-refractivity contribution in [3.8, 4) is 22.3 Å². The molecule has 3 aromatic carbocycles. The molecule has 2 aliphatic carbocycles. The summed E-state index contributed by atoms with van der Waals surface area (Å²) < 4.78 is 28.2. The predicted molar refractivity (Wildman–Crippen MR) is 289 cm³/mol. The van der Waals surface area contributed by atoms with Gasteiger partial charge in [-0.05, 0) is 140 Å². The lowest BCUT2D eigenvalue weighted by molar-refractivity contribution is -0.117. The number of fused-ring (bicyclic) bond motifs is 2. The first kappa shape index (κ1) is 49.6. The molecule has 6 N–H and O–H groups in total. The van der Waals surface area contributed by atoms with Crippen LogP contribution in [0.1, 0.15) is 45.1 Å². The second kappa shape index (κ2) is 21.1. The maximum absolute atomic E-state index is 13.5. The fraction of sp³-hybridized carbons (Fsp3) is 0.208. The largest absolute Gasteiger partial charge is 0.399 e. The van der Waals surface area contributed by atoms with E-state index in [1.807, 2.05) is 73.8 Å². The Labute approximate surface area is 427 Å². The minimum absolute atomic E-state index is 0.00890. The molecule has 6 aromatic heterocycles. The Kier molecular flexibility index (Phi) is 14.3. The van der Waals surface area contributed by atoms with Gasteiger partial charge in [-0.2, -0.15) is 15.0 Å². The molecule has 0 aliphatic heterocycles. The molecule has 0 bridgehead atoms. The van der Waals surface area contributed by atoms with Gasteiger partial charge in [0.15, 0.2) is 5.65 Å². The topological polar surface area (TPSA) is 235 Å². The fourth-order valence-corrected chi connectivity index (χ4v) is 9.16. The van der Waals surface area contributed by atoms with Gasteiger partial charge in [0, 0.05) is 111 Å². The molecule has 18 nitrogen and oxygen atoms in total. The van der Waals surface area contributed by atoms with Crippen molar-refractivity contribution in [2.45, 2.75) is 63.4 Å². The van der Waals surface area contributed by atoms with E-state index in [4.69, 9.17) is 27.3 Å². The Hall–Kier alpha value is -8.42. The lowest BCUT2D eigenvalue weighted by atomic mass is 10.1. The quantitative estimate of drug-likeness (QED) is 0.0566. The first-order valence-electron chi connectivity index (χ1n) is 23.5. The summed E-state index contributed by atoms with van der Waals surface area (Å²) in [5.74, 6) is 1.86. The van der Waals surface area contributed by atoms with Crippen molar-refractivity contribution in [1.82, 2.24) is 38.9 Å². The summed E-state index contributed by atoms with van der Waals surface area (Å²) in [6.45, 7) is 4.97. The number of hydrogen-bond acceptors (Lipinski definition) is 14. The van der Waals surface area contributed by atoms with Gasteiger partial charge in [-0.15, -0.1) is 0 Å². The monoisotopic (exact) mass is 1020 g/mol. The van der Waals surface area contributed by atoms with E-state index in [1.54, 1.807) is 98.2 Å². The van der Waals surface area contributed by atoms with E-state index < -0.39 is 10.0 Å². The van der Waals surface area contributed by atoms with E-state index >= 15 is 0 Å². The lowest BCUT2D eigenvalue weighted by Crippen LogP contribution is -2.22. The molecule has 372 valence electrons. The van der Waals surface area contributed by atoms with Crippen LogP contribution in [-0.2, 0) is 19.6 Å². The molecule has 0 radical (unpaired) electrons. The van der Waals surface area contributed by atoms with Crippen molar-refractivity contribution in [3.63, 3.8) is 0 Å². The molecule has 0 spiro atoms. The number of carbonyl (C=O) groups is 2. The summed E-state index contributed by atoms with van der Waals surface area (Å²) in [7, 11) is -0.408. The van der Waals surface area contributed by atoms with Gasteiger partial charge in [0.1, 0.15) is 17.3 Å². The smallest absolute Gasteiger partial charge is 0.269 e. The summed E-state index contributed by atoms with van der Waals surface area (Å²) in [6.07, 6.45) is 14.8. The second-order valence-electron chi connectivity index (χ2n) is 17.7. The van der Waals surface area contributed by atoms with E-state index in [9.17, 15) is 18.0 Å². The number of benzene rings is 3. The van der Waals surface area contributed by atoms with Gasteiger partial charge in [0.2, 0.25) is 23.0 Å². The van der Waals surface area contributed by atoms with Crippen molar-refractivity contribution in [2.75, 3.05) is 45.6 Å². The summed E-state index contributed by atoms with van der Waals surface area (Å²) in [5, 5.41) is 11.8. The Morgan fingerprint density at radius 3 is 1.74 bits per heavy atom. The molecule has 2 aliphatic rings. The van der Waals surface area contributed by atoms with Crippen molar-refractivity contribution in [3.05, 3.63) is 145 Å². The van der Waals surface area contributed by atoms with Gasteiger partial charge in [-0.1, -0.05) is 17.7 Å². The number of anilines is 7. The number of aryl methyl sites for hydroxylation is 1. The fourth-order valence-electron chi connectivity index (χ4n) is 7.69.